The average Bonchev–Trinajstić information content (AvgIpc) is 2.61. The molecular weight excluding hydrogens is 172 g/mol. The summed E-state index contributed by atoms with van der Waals surface area (Å²) in [5.74, 6) is 0. The highest BCUT2D eigenvalue weighted by Gasteiger charge is 2.58. The van der Waals surface area contributed by atoms with Gasteiger partial charge in [-0.25, -0.2) is 0 Å². The van der Waals surface area contributed by atoms with E-state index in [4.69, 9.17) is 0 Å². The van der Waals surface area contributed by atoms with Crippen molar-refractivity contribution in [2.45, 2.75) is 57.2 Å². The number of likely N-dealkylation sites (tertiary alicyclic amines) is 2. The number of rotatable bonds is 1. The molecule has 2 heterocycles. The highest BCUT2D eigenvalue weighted by Crippen LogP contribution is 2.47. The largest absolute Gasteiger partial charge is 0.295 e. The van der Waals surface area contributed by atoms with Gasteiger partial charge in [0.15, 0.2) is 0 Å². The number of nitrogens with zero attached hydrogens (tertiary/aromatic N) is 2. The Kier molecular flexibility index (Phi) is 1.66. The first kappa shape index (κ1) is 9.17. The summed E-state index contributed by atoms with van der Waals surface area (Å²) >= 11 is 0. The maximum absolute atomic E-state index is 2.79. The smallest absolute Gasteiger partial charge is 0.0478 e. The summed E-state index contributed by atoms with van der Waals surface area (Å²) in [7, 11) is 0. The van der Waals surface area contributed by atoms with E-state index in [-0.39, 0.29) is 0 Å². The fraction of sp³-hybridized carbons (Fsp3) is 1.00. The molecule has 14 heavy (non-hydrogen) atoms. The molecule has 0 aromatic heterocycles. The van der Waals surface area contributed by atoms with Crippen molar-refractivity contribution in [2.75, 3.05) is 19.6 Å². The Balaban J connectivity index is 1.62. The average molecular weight is 194 g/mol. The van der Waals surface area contributed by atoms with Crippen LogP contribution in [-0.4, -0.2) is 46.6 Å². The van der Waals surface area contributed by atoms with Crippen LogP contribution in [0.2, 0.25) is 0 Å². The molecule has 3 aliphatic rings. The van der Waals surface area contributed by atoms with Gasteiger partial charge >= 0.3 is 0 Å². The second-order valence-corrected chi connectivity index (χ2v) is 6.43. The van der Waals surface area contributed by atoms with Crippen molar-refractivity contribution in [1.29, 1.82) is 0 Å². The van der Waals surface area contributed by atoms with Crippen molar-refractivity contribution < 1.29 is 0 Å². The fourth-order valence-electron chi connectivity index (χ4n) is 2.99. The molecule has 1 aliphatic carbocycles. The van der Waals surface area contributed by atoms with Crippen molar-refractivity contribution in [2.24, 2.45) is 0 Å². The minimum absolute atomic E-state index is 0.385. The monoisotopic (exact) mass is 194 g/mol. The van der Waals surface area contributed by atoms with E-state index in [9.17, 15) is 0 Å². The van der Waals surface area contributed by atoms with E-state index < -0.39 is 0 Å². The Bertz CT molecular complexity index is 244. The normalized spacial score (nSPS) is 32.8. The van der Waals surface area contributed by atoms with Crippen LogP contribution in [0.5, 0.6) is 0 Å². The number of hydrogen-bond donors (Lipinski definition) is 0. The minimum Gasteiger partial charge on any atom is -0.295 e. The summed E-state index contributed by atoms with van der Waals surface area (Å²) in [5, 5.41) is 0. The first-order valence-corrected chi connectivity index (χ1v) is 6.03. The van der Waals surface area contributed by atoms with E-state index in [1.807, 2.05) is 0 Å². The molecule has 2 saturated heterocycles. The van der Waals surface area contributed by atoms with Crippen LogP contribution >= 0.6 is 0 Å². The molecule has 0 amide bonds. The third kappa shape index (κ3) is 1.17. The van der Waals surface area contributed by atoms with E-state index in [0.717, 1.165) is 6.04 Å². The van der Waals surface area contributed by atoms with Gasteiger partial charge in [0.2, 0.25) is 0 Å². The molecular formula is C12H22N2. The van der Waals surface area contributed by atoms with Crippen LogP contribution in [0.25, 0.3) is 0 Å². The van der Waals surface area contributed by atoms with Gasteiger partial charge in [0, 0.05) is 36.8 Å². The van der Waals surface area contributed by atoms with Crippen molar-refractivity contribution in [3.8, 4) is 0 Å². The van der Waals surface area contributed by atoms with Gasteiger partial charge in [-0.1, -0.05) is 0 Å². The van der Waals surface area contributed by atoms with E-state index in [1.54, 1.807) is 0 Å². The zero-order chi connectivity index (χ0) is 9.97. The molecule has 3 rings (SSSR count). The van der Waals surface area contributed by atoms with Gasteiger partial charge in [-0.05, 0) is 40.0 Å². The lowest BCUT2D eigenvalue weighted by molar-refractivity contribution is -0.154. The summed E-state index contributed by atoms with van der Waals surface area (Å²) in [6.45, 7) is 11.0. The molecule has 0 atom stereocenters. The van der Waals surface area contributed by atoms with Crippen LogP contribution in [0.4, 0.5) is 0 Å². The van der Waals surface area contributed by atoms with E-state index >= 15 is 0 Å². The zero-order valence-corrected chi connectivity index (χ0v) is 9.71. The van der Waals surface area contributed by atoms with Crippen LogP contribution in [0, 0.1) is 0 Å². The predicted molar refractivity (Wildman–Crippen MR) is 58.4 cm³/mol. The second-order valence-electron chi connectivity index (χ2n) is 6.43. The summed E-state index contributed by atoms with van der Waals surface area (Å²) in [4.78, 5) is 5.41. The van der Waals surface area contributed by atoms with Crippen LogP contribution in [0.15, 0.2) is 0 Å². The Labute approximate surface area is 87.3 Å². The Hall–Kier alpha value is -0.0800. The lowest BCUT2D eigenvalue weighted by Gasteiger charge is -2.66. The van der Waals surface area contributed by atoms with Gasteiger partial charge in [-0.15, -0.1) is 0 Å². The highest BCUT2D eigenvalue weighted by molar-refractivity contribution is 5.15. The van der Waals surface area contributed by atoms with E-state index in [0.29, 0.717) is 11.1 Å². The molecule has 1 saturated carbocycles. The first-order chi connectivity index (χ1) is 6.51. The SMILES string of the molecule is CC(C)(C)N1CC2(CCN2C2CC2)C1. The fourth-order valence-corrected chi connectivity index (χ4v) is 2.99. The Morgan fingerprint density at radius 3 is 2.14 bits per heavy atom. The van der Waals surface area contributed by atoms with Crippen molar-refractivity contribution in [3.05, 3.63) is 0 Å². The third-order valence-electron chi connectivity index (χ3n) is 4.33. The predicted octanol–water partition coefficient (Wildman–Crippen LogP) is 1.71. The van der Waals surface area contributed by atoms with Gasteiger partial charge in [0.05, 0.1) is 0 Å². The quantitative estimate of drug-likeness (QED) is 0.627. The molecule has 3 fully saturated rings. The van der Waals surface area contributed by atoms with Crippen molar-refractivity contribution >= 4 is 0 Å². The summed E-state index contributed by atoms with van der Waals surface area (Å²) in [5.41, 5.74) is 1.02. The molecule has 0 bridgehead atoms. The van der Waals surface area contributed by atoms with E-state index in [2.05, 4.69) is 30.6 Å². The van der Waals surface area contributed by atoms with Gasteiger partial charge < -0.3 is 0 Å². The molecule has 2 heteroatoms. The van der Waals surface area contributed by atoms with Crippen LogP contribution in [0.1, 0.15) is 40.0 Å². The summed E-state index contributed by atoms with van der Waals surface area (Å²) < 4.78 is 0. The third-order valence-corrected chi connectivity index (χ3v) is 4.33. The van der Waals surface area contributed by atoms with Gasteiger partial charge in [0.25, 0.3) is 0 Å². The molecule has 0 aromatic rings. The Morgan fingerprint density at radius 2 is 1.79 bits per heavy atom. The van der Waals surface area contributed by atoms with Crippen LogP contribution in [0.3, 0.4) is 0 Å². The van der Waals surface area contributed by atoms with Crippen LogP contribution < -0.4 is 0 Å². The molecule has 0 N–H and O–H groups in total. The van der Waals surface area contributed by atoms with E-state index in [1.165, 1.54) is 38.9 Å². The lowest BCUT2D eigenvalue weighted by atomic mass is 9.75. The van der Waals surface area contributed by atoms with Crippen molar-refractivity contribution in [3.63, 3.8) is 0 Å². The molecule has 1 spiro atoms. The maximum Gasteiger partial charge on any atom is 0.0478 e. The molecule has 80 valence electrons. The second kappa shape index (κ2) is 2.53. The zero-order valence-electron chi connectivity index (χ0n) is 9.71. The Morgan fingerprint density at radius 1 is 1.14 bits per heavy atom. The summed E-state index contributed by atoms with van der Waals surface area (Å²) in [6, 6.07) is 0.978. The number of hydrogen-bond acceptors (Lipinski definition) is 2. The molecule has 2 nitrogen and oxygen atoms in total. The highest BCUT2D eigenvalue weighted by atomic mass is 15.4. The van der Waals surface area contributed by atoms with Gasteiger partial charge in [0.1, 0.15) is 0 Å². The lowest BCUT2D eigenvalue weighted by Crippen LogP contribution is -2.79. The van der Waals surface area contributed by atoms with Crippen LogP contribution in [-0.2, 0) is 0 Å². The molecule has 0 radical (unpaired) electrons. The molecule has 0 unspecified atom stereocenters. The molecule has 2 aliphatic heterocycles. The van der Waals surface area contributed by atoms with Crippen molar-refractivity contribution in [1.82, 2.24) is 9.80 Å². The standard InChI is InChI=1S/C12H22N2/c1-11(2,3)13-8-12(9-13)6-7-14(12)10-4-5-10/h10H,4-9H2,1-3H3. The minimum atomic E-state index is 0.385. The molecule has 0 aromatic carbocycles. The van der Waals surface area contributed by atoms with Gasteiger partial charge in [-0.3, -0.25) is 9.80 Å². The van der Waals surface area contributed by atoms with Gasteiger partial charge in [-0.2, -0.15) is 0 Å². The topological polar surface area (TPSA) is 6.48 Å². The summed E-state index contributed by atoms with van der Waals surface area (Å²) in [6.07, 6.45) is 4.39. The maximum atomic E-state index is 2.79. The first-order valence-electron chi connectivity index (χ1n) is 6.03.